The quantitative estimate of drug-likeness (QED) is 0.898. The predicted molar refractivity (Wildman–Crippen MR) is 81.1 cm³/mol. The Labute approximate surface area is 130 Å². The molecule has 1 aromatic heterocycles. The lowest BCUT2D eigenvalue weighted by molar-refractivity contribution is -0.118. The van der Waals surface area contributed by atoms with Crippen molar-refractivity contribution < 1.29 is 14.3 Å². The number of rotatable bonds is 3. The lowest BCUT2D eigenvalue weighted by atomic mass is 10.1. The molecule has 1 aliphatic heterocycles. The highest BCUT2D eigenvalue weighted by Gasteiger charge is 2.19. The summed E-state index contributed by atoms with van der Waals surface area (Å²) < 4.78 is 5.31. The molecule has 0 radical (unpaired) electrons. The first-order chi connectivity index (χ1) is 10.5. The molecule has 22 heavy (non-hydrogen) atoms. The Morgan fingerprint density at radius 1 is 1.45 bits per heavy atom. The molecule has 0 saturated carbocycles. The first kappa shape index (κ1) is 14.5. The number of carbonyl (C=O) groups excluding carboxylic acids is 2. The van der Waals surface area contributed by atoms with Crippen molar-refractivity contribution in [2.24, 2.45) is 0 Å². The number of nitrogens with one attached hydrogen (secondary N) is 2. The van der Waals surface area contributed by atoms with Crippen LogP contribution in [0, 0.1) is 6.92 Å². The fourth-order valence-electron chi connectivity index (χ4n) is 2.10. The van der Waals surface area contributed by atoms with E-state index < -0.39 is 0 Å². The number of hydrogen-bond donors (Lipinski definition) is 2. The Hall–Kier alpha value is -2.48. The second kappa shape index (κ2) is 5.72. The highest BCUT2D eigenvalue weighted by atomic mass is 32.1. The molecule has 2 amide bonds. The van der Waals surface area contributed by atoms with Gasteiger partial charge in [-0.25, -0.2) is 0 Å². The first-order valence-electron chi connectivity index (χ1n) is 6.70. The average Bonchev–Trinajstić information content (AvgIpc) is 2.93. The van der Waals surface area contributed by atoms with E-state index in [2.05, 4.69) is 20.8 Å². The molecule has 0 saturated heterocycles. The number of nitrogens with zero attached hydrogens (tertiary/aromatic N) is 2. The van der Waals surface area contributed by atoms with Crippen LogP contribution in [0.15, 0.2) is 18.2 Å². The second-order valence-corrected chi connectivity index (χ2v) is 6.10. The highest BCUT2D eigenvalue weighted by molar-refractivity contribution is 7.13. The normalized spacial score (nSPS) is 14.5. The van der Waals surface area contributed by atoms with Crippen LogP contribution in [0.5, 0.6) is 5.75 Å². The van der Waals surface area contributed by atoms with Crippen molar-refractivity contribution in [1.82, 2.24) is 15.5 Å². The smallest absolute Gasteiger partial charge is 0.282 e. The summed E-state index contributed by atoms with van der Waals surface area (Å²) in [6.07, 6.45) is 0. The summed E-state index contributed by atoms with van der Waals surface area (Å²) >= 11 is 1.24. The Balaban J connectivity index is 1.75. The summed E-state index contributed by atoms with van der Waals surface area (Å²) in [5, 5.41) is 14.3. The minimum absolute atomic E-state index is 0.0229. The summed E-state index contributed by atoms with van der Waals surface area (Å²) in [5.41, 5.74) is 1.47. The molecule has 7 nitrogen and oxygen atoms in total. The summed E-state index contributed by atoms with van der Waals surface area (Å²) in [4.78, 5) is 23.4. The van der Waals surface area contributed by atoms with Crippen LogP contribution in [0.1, 0.15) is 33.3 Å². The molecule has 0 spiro atoms. The molecule has 0 bridgehead atoms. The van der Waals surface area contributed by atoms with Gasteiger partial charge in [-0.05, 0) is 31.5 Å². The van der Waals surface area contributed by atoms with Gasteiger partial charge in [0.1, 0.15) is 10.8 Å². The topological polar surface area (TPSA) is 93.2 Å². The number of aromatic nitrogens is 2. The van der Waals surface area contributed by atoms with Crippen LogP contribution in [0.25, 0.3) is 0 Å². The van der Waals surface area contributed by atoms with Gasteiger partial charge in [0, 0.05) is 0 Å². The molecule has 0 unspecified atom stereocenters. The Morgan fingerprint density at radius 3 is 3.00 bits per heavy atom. The van der Waals surface area contributed by atoms with Gasteiger partial charge in [-0.15, -0.1) is 10.2 Å². The van der Waals surface area contributed by atoms with Crippen LogP contribution < -0.4 is 15.4 Å². The monoisotopic (exact) mass is 318 g/mol. The van der Waals surface area contributed by atoms with Crippen LogP contribution >= 0.6 is 11.3 Å². The van der Waals surface area contributed by atoms with Crippen molar-refractivity contribution in [3.05, 3.63) is 33.8 Å². The maximum Gasteiger partial charge on any atom is 0.282 e. The van der Waals surface area contributed by atoms with Gasteiger partial charge in [-0.2, -0.15) is 0 Å². The number of benzene rings is 1. The van der Waals surface area contributed by atoms with Crippen LogP contribution in [-0.4, -0.2) is 28.6 Å². The molecule has 1 atom stereocenters. The molecule has 8 heteroatoms. The third-order valence-corrected chi connectivity index (χ3v) is 4.04. The number of ether oxygens (including phenoxy) is 1. The minimum Gasteiger partial charge on any atom is -0.482 e. The van der Waals surface area contributed by atoms with Gasteiger partial charge in [-0.3, -0.25) is 9.59 Å². The van der Waals surface area contributed by atoms with E-state index in [0.717, 1.165) is 10.6 Å². The summed E-state index contributed by atoms with van der Waals surface area (Å²) in [6, 6.07) is 5.19. The van der Waals surface area contributed by atoms with Gasteiger partial charge in [0.25, 0.3) is 11.8 Å². The van der Waals surface area contributed by atoms with E-state index >= 15 is 0 Å². The molecule has 0 fully saturated rings. The number of carbonyl (C=O) groups is 2. The van der Waals surface area contributed by atoms with E-state index in [9.17, 15) is 9.59 Å². The third kappa shape index (κ3) is 2.91. The van der Waals surface area contributed by atoms with E-state index in [1.165, 1.54) is 11.3 Å². The lowest BCUT2D eigenvalue weighted by Gasteiger charge is -2.20. The molecular formula is C14H14N4O3S. The molecule has 1 aliphatic rings. The zero-order valence-corrected chi connectivity index (χ0v) is 12.9. The highest BCUT2D eigenvalue weighted by Crippen LogP contribution is 2.30. The van der Waals surface area contributed by atoms with E-state index in [-0.39, 0.29) is 24.5 Å². The summed E-state index contributed by atoms with van der Waals surface area (Å²) in [7, 11) is 0. The van der Waals surface area contributed by atoms with Gasteiger partial charge in [-0.1, -0.05) is 17.4 Å². The Kier molecular flexibility index (Phi) is 3.76. The van der Waals surface area contributed by atoms with Crippen molar-refractivity contribution in [2.75, 3.05) is 11.9 Å². The van der Waals surface area contributed by atoms with Crippen LogP contribution in [0.4, 0.5) is 5.69 Å². The summed E-state index contributed by atoms with van der Waals surface area (Å²) in [6.45, 7) is 3.68. The minimum atomic E-state index is -0.267. The number of aryl methyl sites for hydroxylation is 1. The molecule has 0 aliphatic carbocycles. The van der Waals surface area contributed by atoms with Gasteiger partial charge < -0.3 is 15.4 Å². The average molecular weight is 318 g/mol. The van der Waals surface area contributed by atoms with E-state index in [0.29, 0.717) is 16.4 Å². The second-order valence-electron chi connectivity index (χ2n) is 4.91. The van der Waals surface area contributed by atoms with Crippen LogP contribution in [-0.2, 0) is 4.79 Å². The SMILES string of the molecule is Cc1nnc(C(=O)N[C@H](C)c2ccc3c(c2)NC(=O)CO3)s1. The standard InChI is InChI=1S/C14H14N4O3S/c1-7(15-13(20)14-18-17-8(2)22-14)9-3-4-11-10(5-9)16-12(19)6-21-11/h3-5,7H,6H2,1-2H3,(H,15,20)(H,16,19)/t7-/m1/s1. The fourth-order valence-corrected chi connectivity index (χ4v) is 2.69. The molecule has 2 heterocycles. The van der Waals surface area contributed by atoms with Gasteiger partial charge in [0.15, 0.2) is 6.61 Å². The van der Waals surface area contributed by atoms with E-state index in [4.69, 9.17) is 4.74 Å². The van der Waals surface area contributed by atoms with Crippen molar-refractivity contribution in [1.29, 1.82) is 0 Å². The van der Waals surface area contributed by atoms with Gasteiger partial charge >= 0.3 is 0 Å². The van der Waals surface area contributed by atoms with Gasteiger partial charge in [0.2, 0.25) is 5.01 Å². The fraction of sp³-hybridized carbons (Fsp3) is 0.286. The van der Waals surface area contributed by atoms with Crippen LogP contribution in [0.2, 0.25) is 0 Å². The van der Waals surface area contributed by atoms with Crippen molar-refractivity contribution >= 4 is 28.8 Å². The van der Waals surface area contributed by atoms with Crippen molar-refractivity contribution in [2.45, 2.75) is 19.9 Å². The third-order valence-electron chi connectivity index (χ3n) is 3.20. The maximum atomic E-state index is 12.1. The number of anilines is 1. The number of hydrogen-bond acceptors (Lipinski definition) is 6. The first-order valence-corrected chi connectivity index (χ1v) is 7.52. The molecule has 114 valence electrons. The Morgan fingerprint density at radius 2 is 2.27 bits per heavy atom. The van der Waals surface area contributed by atoms with Gasteiger partial charge in [0.05, 0.1) is 11.7 Å². The maximum absolute atomic E-state index is 12.1. The molecule has 3 rings (SSSR count). The molecule has 1 aromatic carbocycles. The zero-order valence-electron chi connectivity index (χ0n) is 12.0. The number of fused-ring (bicyclic) bond motifs is 1. The van der Waals surface area contributed by atoms with Crippen molar-refractivity contribution in [3.8, 4) is 5.75 Å². The van der Waals surface area contributed by atoms with Crippen LogP contribution in [0.3, 0.4) is 0 Å². The Bertz CT molecular complexity index is 743. The lowest BCUT2D eigenvalue weighted by Crippen LogP contribution is -2.28. The van der Waals surface area contributed by atoms with E-state index in [1.807, 2.05) is 13.0 Å². The predicted octanol–water partition coefficient (Wildman–Crippen LogP) is 1.67. The number of amides is 2. The largest absolute Gasteiger partial charge is 0.482 e. The molecule has 2 aromatic rings. The van der Waals surface area contributed by atoms with E-state index in [1.54, 1.807) is 19.1 Å². The zero-order chi connectivity index (χ0) is 15.7. The molecular weight excluding hydrogens is 304 g/mol. The van der Waals surface area contributed by atoms with Crippen molar-refractivity contribution in [3.63, 3.8) is 0 Å². The molecule has 2 N–H and O–H groups in total. The summed E-state index contributed by atoms with van der Waals surface area (Å²) in [5.74, 6) is 0.170.